The highest BCUT2D eigenvalue weighted by molar-refractivity contribution is 14.0. The average Bonchev–Trinajstić information content (AvgIpc) is 3.22. The van der Waals surface area contributed by atoms with Crippen LogP contribution in [0.2, 0.25) is 0 Å². The highest BCUT2D eigenvalue weighted by Gasteiger charge is 2.20. The van der Waals surface area contributed by atoms with Crippen molar-refractivity contribution in [2.75, 3.05) is 45.8 Å². The standard InChI is InChI=1S/C22H36N4O.HI/c1-23-22(25(2)16-19-13-14-27-17-19)24-15-18-9-11-21(12-10-18)26(3)20-7-5-4-6-8-20;/h9-12,19-20H,4-8,13-17H2,1-3H3,(H,23,24);1H. The molecule has 1 saturated heterocycles. The molecule has 0 amide bonds. The molecule has 3 rings (SSSR count). The van der Waals surface area contributed by atoms with Gasteiger partial charge in [0.25, 0.3) is 0 Å². The molecule has 0 bridgehead atoms. The van der Waals surface area contributed by atoms with Crippen molar-refractivity contribution in [1.82, 2.24) is 10.2 Å². The molecule has 0 aromatic heterocycles. The Morgan fingerprint density at radius 1 is 1.11 bits per heavy atom. The van der Waals surface area contributed by atoms with Crippen LogP contribution in [-0.4, -0.2) is 57.8 Å². The Hall–Kier alpha value is -1.02. The summed E-state index contributed by atoms with van der Waals surface area (Å²) in [5.74, 6) is 1.56. The Balaban J connectivity index is 0.00000280. The first-order valence-corrected chi connectivity index (χ1v) is 10.5. The van der Waals surface area contributed by atoms with E-state index < -0.39 is 0 Å². The molecule has 0 radical (unpaired) electrons. The van der Waals surface area contributed by atoms with Crippen LogP contribution < -0.4 is 10.2 Å². The average molecular weight is 500 g/mol. The summed E-state index contributed by atoms with van der Waals surface area (Å²) in [4.78, 5) is 9.11. The molecule has 1 atom stereocenters. The fourth-order valence-corrected chi connectivity index (χ4v) is 4.30. The molecule has 158 valence electrons. The number of aliphatic imine (C=N–C) groups is 1. The topological polar surface area (TPSA) is 40.1 Å². The van der Waals surface area contributed by atoms with Crippen LogP contribution in [0, 0.1) is 5.92 Å². The molecular formula is C22H37IN4O. The van der Waals surface area contributed by atoms with Crippen LogP contribution in [0.1, 0.15) is 44.1 Å². The number of rotatable bonds is 6. The minimum absolute atomic E-state index is 0. The number of guanidine groups is 1. The quantitative estimate of drug-likeness (QED) is 0.363. The van der Waals surface area contributed by atoms with Gasteiger partial charge in [0.05, 0.1) is 6.61 Å². The molecule has 1 N–H and O–H groups in total. The van der Waals surface area contributed by atoms with Crippen LogP contribution in [0.25, 0.3) is 0 Å². The molecule has 1 aliphatic heterocycles. The highest BCUT2D eigenvalue weighted by Crippen LogP contribution is 2.26. The SMILES string of the molecule is CN=C(NCc1ccc(N(C)C2CCCCC2)cc1)N(C)CC1CCOC1.I. The maximum absolute atomic E-state index is 5.48. The van der Waals surface area contributed by atoms with E-state index in [0.717, 1.165) is 38.7 Å². The van der Waals surface area contributed by atoms with Crippen molar-refractivity contribution >= 4 is 35.6 Å². The van der Waals surface area contributed by atoms with E-state index in [4.69, 9.17) is 4.74 Å². The van der Waals surface area contributed by atoms with Gasteiger partial charge in [0.15, 0.2) is 5.96 Å². The Labute approximate surface area is 187 Å². The first-order valence-electron chi connectivity index (χ1n) is 10.5. The van der Waals surface area contributed by atoms with Crippen molar-refractivity contribution in [2.45, 2.75) is 51.1 Å². The lowest BCUT2D eigenvalue weighted by Gasteiger charge is -2.33. The summed E-state index contributed by atoms with van der Waals surface area (Å²) in [6.07, 6.45) is 7.95. The van der Waals surface area contributed by atoms with Crippen molar-refractivity contribution in [1.29, 1.82) is 0 Å². The third-order valence-corrected chi connectivity index (χ3v) is 6.05. The van der Waals surface area contributed by atoms with Gasteiger partial charge in [-0.1, -0.05) is 31.4 Å². The van der Waals surface area contributed by atoms with Crippen molar-refractivity contribution in [2.24, 2.45) is 10.9 Å². The number of halogens is 1. The summed E-state index contributed by atoms with van der Waals surface area (Å²) in [6, 6.07) is 9.69. The number of nitrogens with one attached hydrogen (secondary N) is 1. The lowest BCUT2D eigenvalue weighted by atomic mass is 9.94. The third kappa shape index (κ3) is 6.51. The lowest BCUT2D eigenvalue weighted by Crippen LogP contribution is -2.41. The maximum Gasteiger partial charge on any atom is 0.193 e. The Bertz CT molecular complexity index is 595. The zero-order valence-corrected chi connectivity index (χ0v) is 20.0. The van der Waals surface area contributed by atoms with E-state index in [0.29, 0.717) is 12.0 Å². The molecule has 2 aliphatic rings. The minimum atomic E-state index is 0. The molecule has 1 aliphatic carbocycles. The monoisotopic (exact) mass is 500 g/mol. The predicted molar refractivity (Wildman–Crippen MR) is 129 cm³/mol. The Morgan fingerprint density at radius 2 is 1.82 bits per heavy atom. The highest BCUT2D eigenvalue weighted by atomic mass is 127. The molecular weight excluding hydrogens is 463 g/mol. The summed E-state index contributed by atoms with van der Waals surface area (Å²) < 4.78 is 5.48. The number of nitrogens with zero attached hydrogens (tertiary/aromatic N) is 3. The van der Waals surface area contributed by atoms with Gasteiger partial charge in [0, 0.05) is 58.5 Å². The largest absolute Gasteiger partial charge is 0.381 e. The van der Waals surface area contributed by atoms with Gasteiger partial charge in [-0.05, 0) is 37.0 Å². The van der Waals surface area contributed by atoms with E-state index in [-0.39, 0.29) is 24.0 Å². The van der Waals surface area contributed by atoms with Crippen LogP contribution >= 0.6 is 24.0 Å². The van der Waals surface area contributed by atoms with Gasteiger partial charge in [0.2, 0.25) is 0 Å². The number of ether oxygens (including phenoxy) is 1. The van der Waals surface area contributed by atoms with E-state index in [2.05, 4.69) is 58.5 Å². The van der Waals surface area contributed by atoms with E-state index in [9.17, 15) is 0 Å². The Kier molecular flexibility index (Phi) is 9.85. The lowest BCUT2D eigenvalue weighted by molar-refractivity contribution is 0.181. The van der Waals surface area contributed by atoms with Gasteiger partial charge in [0.1, 0.15) is 0 Å². The third-order valence-electron chi connectivity index (χ3n) is 6.05. The molecule has 1 heterocycles. The molecule has 1 aromatic carbocycles. The second-order valence-corrected chi connectivity index (χ2v) is 8.08. The van der Waals surface area contributed by atoms with Gasteiger partial charge < -0.3 is 19.9 Å². The normalized spacial score (nSPS) is 20.5. The summed E-state index contributed by atoms with van der Waals surface area (Å²) in [6.45, 7) is 3.56. The van der Waals surface area contributed by atoms with Crippen molar-refractivity contribution < 1.29 is 4.74 Å². The van der Waals surface area contributed by atoms with Crippen LogP contribution in [0.3, 0.4) is 0 Å². The van der Waals surface area contributed by atoms with Crippen molar-refractivity contribution in [3.8, 4) is 0 Å². The molecule has 1 saturated carbocycles. The molecule has 0 spiro atoms. The number of benzene rings is 1. The first kappa shape index (κ1) is 23.3. The fourth-order valence-electron chi connectivity index (χ4n) is 4.30. The van der Waals surface area contributed by atoms with Gasteiger partial charge in [-0.3, -0.25) is 4.99 Å². The van der Waals surface area contributed by atoms with Crippen LogP contribution in [0.15, 0.2) is 29.3 Å². The maximum atomic E-state index is 5.48. The number of hydrogen-bond donors (Lipinski definition) is 1. The van der Waals surface area contributed by atoms with Gasteiger partial charge >= 0.3 is 0 Å². The van der Waals surface area contributed by atoms with E-state index in [1.54, 1.807) is 0 Å². The number of hydrogen-bond acceptors (Lipinski definition) is 3. The second kappa shape index (κ2) is 11.9. The van der Waals surface area contributed by atoms with Crippen molar-refractivity contribution in [3.63, 3.8) is 0 Å². The molecule has 1 unspecified atom stereocenters. The van der Waals surface area contributed by atoms with E-state index >= 15 is 0 Å². The van der Waals surface area contributed by atoms with E-state index in [1.165, 1.54) is 43.4 Å². The van der Waals surface area contributed by atoms with Gasteiger partial charge in [-0.15, -0.1) is 24.0 Å². The molecule has 5 nitrogen and oxygen atoms in total. The predicted octanol–water partition coefficient (Wildman–Crippen LogP) is 4.12. The fraction of sp³-hybridized carbons (Fsp3) is 0.682. The number of anilines is 1. The molecule has 1 aromatic rings. The smallest absolute Gasteiger partial charge is 0.193 e. The summed E-state index contributed by atoms with van der Waals surface area (Å²) in [5.41, 5.74) is 2.61. The van der Waals surface area contributed by atoms with E-state index in [1.807, 2.05) is 7.05 Å². The molecule has 2 fully saturated rings. The van der Waals surface area contributed by atoms with Crippen LogP contribution in [-0.2, 0) is 11.3 Å². The minimum Gasteiger partial charge on any atom is -0.381 e. The first-order chi connectivity index (χ1) is 13.2. The second-order valence-electron chi connectivity index (χ2n) is 8.08. The van der Waals surface area contributed by atoms with Gasteiger partial charge in [-0.2, -0.15) is 0 Å². The summed E-state index contributed by atoms with van der Waals surface area (Å²) >= 11 is 0. The summed E-state index contributed by atoms with van der Waals surface area (Å²) in [7, 11) is 6.20. The van der Waals surface area contributed by atoms with Crippen LogP contribution in [0.5, 0.6) is 0 Å². The zero-order chi connectivity index (χ0) is 19.1. The Morgan fingerprint density at radius 3 is 2.43 bits per heavy atom. The zero-order valence-electron chi connectivity index (χ0n) is 17.7. The van der Waals surface area contributed by atoms with Gasteiger partial charge in [-0.25, -0.2) is 0 Å². The van der Waals surface area contributed by atoms with Crippen molar-refractivity contribution in [3.05, 3.63) is 29.8 Å². The molecule has 6 heteroatoms. The molecule has 28 heavy (non-hydrogen) atoms. The van der Waals surface area contributed by atoms with Crippen LogP contribution in [0.4, 0.5) is 5.69 Å². The summed E-state index contributed by atoms with van der Waals surface area (Å²) in [5, 5.41) is 3.49.